The number of nitrogens with zero attached hydrogens (tertiary/aromatic N) is 2. The zero-order chi connectivity index (χ0) is 22.4. The Kier molecular flexibility index (Phi) is 8.80. The van der Waals surface area contributed by atoms with Gasteiger partial charge >= 0.3 is 6.18 Å². The number of H-pyrrole nitrogens is 1. The highest BCUT2D eigenvalue weighted by Gasteiger charge is 2.38. The van der Waals surface area contributed by atoms with Gasteiger partial charge in [0.2, 0.25) is 6.41 Å². The first kappa shape index (κ1) is 24.6. The number of hydrogen-bond donors (Lipinski definition) is 3. The van der Waals surface area contributed by atoms with Crippen molar-refractivity contribution in [2.24, 2.45) is 5.73 Å². The minimum Gasteiger partial charge on any atom is -0.388 e. The molecule has 1 unspecified atom stereocenters. The summed E-state index contributed by atoms with van der Waals surface area (Å²) in [6, 6.07) is 0. The van der Waals surface area contributed by atoms with Gasteiger partial charge in [-0.1, -0.05) is 19.1 Å². The van der Waals surface area contributed by atoms with Crippen molar-refractivity contribution in [3.63, 3.8) is 0 Å². The van der Waals surface area contributed by atoms with Crippen LogP contribution in [-0.2, 0) is 23.9 Å². The summed E-state index contributed by atoms with van der Waals surface area (Å²) in [5, 5.41) is 5.55. The third-order valence-corrected chi connectivity index (χ3v) is 4.74. The van der Waals surface area contributed by atoms with E-state index in [1.807, 2.05) is 13.8 Å². The van der Waals surface area contributed by atoms with Crippen LogP contribution in [0.2, 0.25) is 0 Å². The summed E-state index contributed by atoms with van der Waals surface area (Å²) in [7, 11) is 1.66. The lowest BCUT2D eigenvalue weighted by Crippen LogP contribution is -2.15. The quantitative estimate of drug-likeness (QED) is 0.373. The summed E-state index contributed by atoms with van der Waals surface area (Å²) >= 11 is 4.59. The molecule has 29 heavy (non-hydrogen) atoms. The van der Waals surface area contributed by atoms with E-state index in [1.165, 1.54) is 13.1 Å². The van der Waals surface area contributed by atoms with Gasteiger partial charge in [0.1, 0.15) is 5.69 Å². The lowest BCUT2D eigenvalue weighted by Gasteiger charge is -2.18. The SMILES string of the molecule is CCn1cc(F)c(=S)[nH]1.CNc1c(C)c(C(F)(F)F)nc2c1C(C)CC2.NC=O. The van der Waals surface area contributed by atoms with E-state index in [0.29, 0.717) is 24.3 Å². The van der Waals surface area contributed by atoms with Gasteiger partial charge < -0.3 is 11.1 Å². The lowest BCUT2D eigenvalue weighted by molar-refractivity contribution is -0.141. The molecule has 0 radical (unpaired) electrons. The second-order valence-corrected chi connectivity index (χ2v) is 6.76. The normalized spacial score (nSPS) is 14.8. The number of carbonyl (C=O) groups excluding carboxylic acids is 1. The zero-order valence-corrected chi connectivity index (χ0v) is 17.5. The van der Waals surface area contributed by atoms with E-state index in [1.54, 1.807) is 11.7 Å². The molecule has 1 aliphatic carbocycles. The van der Waals surface area contributed by atoms with Gasteiger partial charge in [0, 0.05) is 30.5 Å². The van der Waals surface area contributed by atoms with Gasteiger partial charge in [-0.15, -0.1) is 0 Å². The number of rotatable bonds is 2. The van der Waals surface area contributed by atoms with Gasteiger partial charge in [0.25, 0.3) is 0 Å². The molecule has 1 amide bonds. The predicted molar refractivity (Wildman–Crippen MR) is 106 cm³/mol. The molecular formula is C18H25F4N5OS. The number of fused-ring (bicyclic) bond motifs is 1. The van der Waals surface area contributed by atoms with Crippen molar-refractivity contribution < 1.29 is 22.4 Å². The summed E-state index contributed by atoms with van der Waals surface area (Å²) in [5.41, 5.74) is 5.77. The van der Waals surface area contributed by atoms with Crippen molar-refractivity contribution >= 4 is 24.3 Å². The van der Waals surface area contributed by atoms with E-state index in [-0.39, 0.29) is 28.3 Å². The fraction of sp³-hybridized carbons (Fsp3) is 0.500. The number of amides is 1. The molecule has 6 nitrogen and oxygen atoms in total. The molecule has 162 valence electrons. The predicted octanol–water partition coefficient (Wildman–Crippen LogP) is 4.31. The number of nitrogens with one attached hydrogen (secondary N) is 2. The van der Waals surface area contributed by atoms with Gasteiger partial charge in [-0.2, -0.15) is 13.2 Å². The van der Waals surface area contributed by atoms with Gasteiger partial charge in [0.15, 0.2) is 10.5 Å². The van der Waals surface area contributed by atoms with Crippen LogP contribution in [0.25, 0.3) is 0 Å². The molecule has 0 fully saturated rings. The first-order chi connectivity index (χ1) is 13.5. The summed E-state index contributed by atoms with van der Waals surface area (Å²) in [5.74, 6) is -0.0761. The molecule has 3 rings (SSSR count). The van der Waals surface area contributed by atoms with Crippen molar-refractivity contribution in [1.29, 1.82) is 0 Å². The first-order valence-corrected chi connectivity index (χ1v) is 9.31. The molecule has 0 aromatic carbocycles. The Balaban J connectivity index is 0.000000294. The average Bonchev–Trinajstić information content (AvgIpc) is 3.17. The second kappa shape index (κ2) is 10.4. The van der Waals surface area contributed by atoms with Crippen molar-refractivity contribution in [1.82, 2.24) is 14.8 Å². The molecule has 2 aromatic rings. The maximum atomic E-state index is 12.8. The van der Waals surface area contributed by atoms with Crippen LogP contribution in [-0.4, -0.2) is 28.2 Å². The van der Waals surface area contributed by atoms with E-state index >= 15 is 0 Å². The number of aryl methyl sites for hydroxylation is 2. The van der Waals surface area contributed by atoms with Crippen LogP contribution in [0.5, 0.6) is 0 Å². The van der Waals surface area contributed by atoms with Gasteiger partial charge in [-0.3, -0.25) is 14.6 Å². The second-order valence-electron chi connectivity index (χ2n) is 6.35. The monoisotopic (exact) mass is 435 g/mol. The van der Waals surface area contributed by atoms with E-state index in [9.17, 15) is 17.6 Å². The molecule has 0 bridgehead atoms. The number of primary amides is 1. The molecular weight excluding hydrogens is 410 g/mol. The minimum atomic E-state index is -4.38. The van der Waals surface area contributed by atoms with Crippen LogP contribution in [0.4, 0.5) is 23.2 Å². The van der Waals surface area contributed by atoms with Gasteiger partial charge in [0.05, 0.1) is 6.20 Å². The van der Waals surface area contributed by atoms with Gasteiger partial charge in [-0.05, 0) is 38.2 Å². The number of aromatic nitrogens is 3. The third kappa shape index (κ3) is 6.02. The number of carbonyl (C=O) groups is 1. The van der Waals surface area contributed by atoms with E-state index < -0.39 is 11.9 Å². The van der Waals surface area contributed by atoms with Crippen LogP contribution in [0.1, 0.15) is 48.7 Å². The molecule has 2 heterocycles. The third-order valence-electron chi connectivity index (χ3n) is 4.45. The number of nitrogens with two attached hydrogens (primary N) is 1. The van der Waals surface area contributed by atoms with Crippen LogP contribution in [0, 0.1) is 17.4 Å². The molecule has 2 aromatic heterocycles. The van der Waals surface area contributed by atoms with Crippen molar-refractivity contribution in [3.8, 4) is 0 Å². The highest BCUT2D eigenvalue weighted by Crippen LogP contribution is 2.42. The number of halogens is 4. The Morgan fingerprint density at radius 2 is 2.07 bits per heavy atom. The molecule has 1 aliphatic rings. The van der Waals surface area contributed by atoms with Crippen LogP contribution >= 0.6 is 12.2 Å². The smallest absolute Gasteiger partial charge is 0.388 e. The minimum absolute atomic E-state index is 0.178. The maximum Gasteiger partial charge on any atom is 0.433 e. The average molecular weight is 435 g/mol. The largest absolute Gasteiger partial charge is 0.433 e. The Morgan fingerprint density at radius 1 is 1.48 bits per heavy atom. The first-order valence-electron chi connectivity index (χ1n) is 8.90. The molecule has 0 aliphatic heterocycles. The molecule has 0 saturated carbocycles. The molecule has 4 N–H and O–H groups in total. The Hall–Kier alpha value is -2.43. The van der Waals surface area contributed by atoms with Gasteiger partial charge in [-0.25, -0.2) is 9.37 Å². The topological polar surface area (TPSA) is 88.7 Å². The fourth-order valence-electron chi connectivity index (χ4n) is 3.14. The summed E-state index contributed by atoms with van der Waals surface area (Å²) in [6.45, 7) is 6.13. The molecule has 0 spiro atoms. The maximum absolute atomic E-state index is 12.8. The fourth-order valence-corrected chi connectivity index (χ4v) is 3.31. The molecule has 0 saturated heterocycles. The number of anilines is 1. The molecule has 11 heteroatoms. The van der Waals surface area contributed by atoms with E-state index in [0.717, 1.165) is 12.0 Å². The Labute approximate surface area is 171 Å². The van der Waals surface area contributed by atoms with Crippen molar-refractivity contribution in [2.75, 3.05) is 12.4 Å². The van der Waals surface area contributed by atoms with Crippen LogP contribution < -0.4 is 11.1 Å². The lowest BCUT2D eigenvalue weighted by atomic mass is 9.99. The highest BCUT2D eigenvalue weighted by molar-refractivity contribution is 7.71. The standard InChI is InChI=1S/C12H15F3N2.C5H7FN2S.CH3NO/c1-6-4-5-8-9(6)10(16-3)7(2)11(17-8)12(13,14)15;1-2-8-3-4(6)5(9)7-8;2-1-3/h6H,4-5H2,1-3H3,(H,16,17);3H,2H2,1H3,(H,7,9);1H,(H2,2,3). The highest BCUT2D eigenvalue weighted by atomic mass is 32.1. The Bertz CT molecular complexity index is 892. The van der Waals surface area contributed by atoms with E-state index in [2.05, 4.69) is 33.4 Å². The van der Waals surface area contributed by atoms with Crippen molar-refractivity contribution in [2.45, 2.75) is 52.3 Å². The van der Waals surface area contributed by atoms with E-state index in [4.69, 9.17) is 4.79 Å². The number of pyridine rings is 1. The Morgan fingerprint density at radius 3 is 2.45 bits per heavy atom. The number of aromatic amines is 1. The summed E-state index contributed by atoms with van der Waals surface area (Å²) in [4.78, 5) is 12.4. The number of alkyl halides is 3. The number of hydrogen-bond acceptors (Lipinski definition) is 4. The van der Waals surface area contributed by atoms with Crippen molar-refractivity contribution in [3.05, 3.63) is 39.2 Å². The van der Waals surface area contributed by atoms with Crippen LogP contribution in [0.15, 0.2) is 6.20 Å². The zero-order valence-electron chi connectivity index (χ0n) is 16.7. The summed E-state index contributed by atoms with van der Waals surface area (Å²) in [6.07, 6.45) is -1.27. The molecule has 1 atom stereocenters. The summed E-state index contributed by atoms with van der Waals surface area (Å²) < 4.78 is 52.7. The van der Waals surface area contributed by atoms with Crippen LogP contribution in [0.3, 0.4) is 0 Å².